The van der Waals surface area contributed by atoms with E-state index in [0.29, 0.717) is 23.6 Å². The Morgan fingerprint density at radius 1 is 1.06 bits per heavy atom. The van der Waals surface area contributed by atoms with Crippen LogP contribution in [0.1, 0.15) is 35.8 Å². The van der Waals surface area contributed by atoms with Crippen molar-refractivity contribution in [2.75, 3.05) is 18.7 Å². The van der Waals surface area contributed by atoms with Gasteiger partial charge in [0.15, 0.2) is 11.5 Å². The summed E-state index contributed by atoms with van der Waals surface area (Å²) in [5, 5.41) is 14.8. The molecule has 0 aliphatic carbocycles. The van der Waals surface area contributed by atoms with Gasteiger partial charge in [-0.2, -0.15) is 8.75 Å². The van der Waals surface area contributed by atoms with Gasteiger partial charge in [-0.1, -0.05) is 25.5 Å². The van der Waals surface area contributed by atoms with Crippen molar-refractivity contribution in [3.05, 3.63) is 65.9 Å². The minimum absolute atomic E-state index is 0.159. The molecule has 0 radical (unpaired) electrons. The Hall–Kier alpha value is -4.11. The molecule has 3 aromatic carbocycles. The van der Waals surface area contributed by atoms with E-state index >= 15 is 0 Å². The molecule has 5 aromatic rings. The molecule has 9 heteroatoms. The van der Waals surface area contributed by atoms with Crippen LogP contribution in [0.15, 0.2) is 54.6 Å². The van der Waals surface area contributed by atoms with Gasteiger partial charge in [-0.05, 0) is 60.0 Å². The van der Waals surface area contributed by atoms with E-state index in [-0.39, 0.29) is 12.5 Å². The van der Waals surface area contributed by atoms with Gasteiger partial charge in [0, 0.05) is 35.2 Å². The zero-order valence-electron chi connectivity index (χ0n) is 19.7. The van der Waals surface area contributed by atoms with Crippen molar-refractivity contribution in [2.24, 2.45) is 0 Å². The highest BCUT2D eigenvalue weighted by Crippen LogP contribution is 2.42. The number of rotatable bonds is 8. The molecule has 8 nitrogen and oxygen atoms in total. The van der Waals surface area contributed by atoms with Gasteiger partial charge in [0.05, 0.1) is 11.7 Å². The lowest BCUT2D eigenvalue weighted by Gasteiger charge is -2.10. The summed E-state index contributed by atoms with van der Waals surface area (Å²) in [7, 11) is 0. The highest BCUT2D eigenvalue weighted by molar-refractivity contribution is 7.00. The highest BCUT2D eigenvalue weighted by atomic mass is 32.1. The Balaban J connectivity index is 1.54. The van der Waals surface area contributed by atoms with Crippen LogP contribution in [0.2, 0.25) is 0 Å². The van der Waals surface area contributed by atoms with E-state index in [0.717, 1.165) is 58.1 Å². The summed E-state index contributed by atoms with van der Waals surface area (Å²) in [5.74, 6) is 0.283. The number of carboxylic acids is 1. The van der Waals surface area contributed by atoms with Crippen LogP contribution >= 0.6 is 11.7 Å². The van der Waals surface area contributed by atoms with E-state index in [4.69, 9.17) is 9.47 Å². The quantitative estimate of drug-likeness (QED) is 0.252. The average molecular weight is 501 g/mol. The number of nitrogens with zero attached hydrogens (tertiary/aromatic N) is 3. The first kappa shape index (κ1) is 22.4. The molecule has 0 amide bonds. The molecule has 0 saturated heterocycles. The number of aromatic carboxylic acids is 1. The van der Waals surface area contributed by atoms with E-state index in [1.807, 2.05) is 59.2 Å². The van der Waals surface area contributed by atoms with Gasteiger partial charge in [0.25, 0.3) is 0 Å². The molecule has 0 saturated carbocycles. The molecule has 6 rings (SSSR count). The first-order chi connectivity index (χ1) is 17.6. The molecule has 0 fully saturated rings. The molecule has 1 aliphatic heterocycles. The monoisotopic (exact) mass is 500 g/mol. The third-order valence-corrected chi connectivity index (χ3v) is 7.00. The smallest absolute Gasteiger partial charge is 0.353 e. The molecular formula is C27H24N4O4S. The number of carboxylic acid groups (broad SMARTS) is 1. The second kappa shape index (κ2) is 9.16. The number of hydrogen-bond donors (Lipinski definition) is 2. The van der Waals surface area contributed by atoms with Crippen molar-refractivity contribution < 1.29 is 19.4 Å². The van der Waals surface area contributed by atoms with Crippen molar-refractivity contribution in [1.82, 2.24) is 13.3 Å². The van der Waals surface area contributed by atoms with Gasteiger partial charge < -0.3 is 24.5 Å². The van der Waals surface area contributed by atoms with Gasteiger partial charge >= 0.3 is 5.97 Å². The van der Waals surface area contributed by atoms with Crippen LogP contribution in [-0.4, -0.2) is 37.7 Å². The largest absolute Gasteiger partial charge is 0.477 e. The van der Waals surface area contributed by atoms with Crippen LogP contribution < -0.4 is 14.8 Å². The molecule has 0 atom stereocenters. The fourth-order valence-corrected chi connectivity index (χ4v) is 5.23. The summed E-state index contributed by atoms with van der Waals surface area (Å²) in [5.41, 5.74) is 6.06. The Labute approximate surface area is 211 Å². The van der Waals surface area contributed by atoms with Crippen LogP contribution in [-0.2, 0) is 6.54 Å². The van der Waals surface area contributed by atoms with Crippen molar-refractivity contribution in [3.8, 4) is 22.6 Å². The van der Waals surface area contributed by atoms with Gasteiger partial charge in [-0.25, -0.2) is 4.79 Å². The lowest BCUT2D eigenvalue weighted by atomic mass is 10.0. The highest BCUT2D eigenvalue weighted by Gasteiger charge is 2.26. The topological polar surface area (TPSA) is 98.5 Å². The van der Waals surface area contributed by atoms with Crippen molar-refractivity contribution in [3.63, 3.8) is 0 Å². The van der Waals surface area contributed by atoms with Gasteiger partial charge in [-0.3, -0.25) is 0 Å². The number of hydrogen-bond acceptors (Lipinski definition) is 7. The minimum atomic E-state index is -0.990. The second-order valence-corrected chi connectivity index (χ2v) is 9.31. The number of unbranched alkanes of at least 4 members (excludes halogenated alkanes) is 1. The molecule has 2 aromatic heterocycles. The van der Waals surface area contributed by atoms with E-state index in [2.05, 4.69) is 21.0 Å². The minimum Gasteiger partial charge on any atom is -0.477 e. The first-order valence-corrected chi connectivity index (χ1v) is 12.6. The Morgan fingerprint density at radius 3 is 2.78 bits per heavy atom. The fraction of sp³-hybridized carbons (Fsp3) is 0.222. The molecule has 0 spiro atoms. The fourth-order valence-electron chi connectivity index (χ4n) is 4.71. The second-order valence-electron chi connectivity index (χ2n) is 8.78. The standard InChI is InChI=1S/C27H24N4O4S/c1-2-3-10-28-18-6-8-22-19(13-18)25(17-5-9-23-24(12-17)35-15-34-23)26(27(32)33)31(22)14-16-4-7-20-21(11-16)30-36-29-20/h4-9,11-13,28H,2-3,10,14-15H2,1H3,(H,32,33). The molecule has 0 unspecified atom stereocenters. The molecular weight excluding hydrogens is 476 g/mol. The maximum Gasteiger partial charge on any atom is 0.353 e. The van der Waals surface area contributed by atoms with Gasteiger partial charge in [-0.15, -0.1) is 0 Å². The van der Waals surface area contributed by atoms with Crippen LogP contribution in [0.4, 0.5) is 5.69 Å². The number of benzene rings is 3. The van der Waals surface area contributed by atoms with E-state index in [9.17, 15) is 9.90 Å². The Morgan fingerprint density at radius 2 is 1.92 bits per heavy atom. The molecule has 3 heterocycles. The number of anilines is 1. The van der Waals surface area contributed by atoms with E-state index in [1.54, 1.807) is 0 Å². The number of nitrogens with one attached hydrogen (secondary N) is 1. The van der Waals surface area contributed by atoms with Crippen LogP contribution in [0, 0.1) is 0 Å². The summed E-state index contributed by atoms with van der Waals surface area (Å²) in [6.45, 7) is 3.56. The van der Waals surface area contributed by atoms with Crippen LogP contribution in [0.25, 0.3) is 33.1 Å². The van der Waals surface area contributed by atoms with Gasteiger partial charge in [0.1, 0.15) is 16.7 Å². The summed E-state index contributed by atoms with van der Waals surface area (Å²) in [6, 6.07) is 17.5. The zero-order valence-corrected chi connectivity index (χ0v) is 20.5. The zero-order chi connectivity index (χ0) is 24.6. The summed E-state index contributed by atoms with van der Waals surface area (Å²) >= 11 is 1.17. The molecule has 182 valence electrons. The molecule has 2 N–H and O–H groups in total. The SMILES string of the molecule is CCCCNc1ccc2c(c1)c(-c1ccc3c(c1)OCO3)c(C(=O)O)n2Cc1ccc2nsnc2c1. The molecule has 1 aliphatic rings. The van der Waals surface area contributed by atoms with Crippen LogP contribution in [0.3, 0.4) is 0 Å². The Kier molecular flexibility index (Phi) is 5.69. The summed E-state index contributed by atoms with van der Waals surface area (Å²) in [6.07, 6.45) is 2.15. The predicted molar refractivity (Wildman–Crippen MR) is 140 cm³/mol. The third-order valence-electron chi connectivity index (χ3n) is 6.45. The lowest BCUT2D eigenvalue weighted by Crippen LogP contribution is -2.10. The average Bonchev–Trinajstić information content (AvgIpc) is 3.61. The maximum absolute atomic E-state index is 12.8. The lowest BCUT2D eigenvalue weighted by molar-refractivity contribution is 0.0687. The van der Waals surface area contributed by atoms with Crippen molar-refractivity contribution in [1.29, 1.82) is 0 Å². The molecule has 0 bridgehead atoms. The number of carbonyl (C=O) groups is 1. The van der Waals surface area contributed by atoms with E-state index < -0.39 is 5.97 Å². The Bertz CT molecular complexity index is 1610. The summed E-state index contributed by atoms with van der Waals surface area (Å²) in [4.78, 5) is 12.8. The number of ether oxygens (including phenoxy) is 2. The third kappa shape index (κ3) is 3.91. The normalized spacial score (nSPS) is 12.5. The predicted octanol–water partition coefficient (Wildman–Crippen LogP) is 6.00. The van der Waals surface area contributed by atoms with Crippen LogP contribution in [0.5, 0.6) is 11.5 Å². The number of fused-ring (bicyclic) bond motifs is 3. The number of aromatic nitrogens is 3. The first-order valence-electron chi connectivity index (χ1n) is 11.9. The van der Waals surface area contributed by atoms with Crippen molar-refractivity contribution >= 4 is 45.3 Å². The van der Waals surface area contributed by atoms with Crippen molar-refractivity contribution in [2.45, 2.75) is 26.3 Å². The van der Waals surface area contributed by atoms with E-state index in [1.165, 1.54) is 11.7 Å². The summed E-state index contributed by atoms with van der Waals surface area (Å²) < 4.78 is 21.6. The molecule has 36 heavy (non-hydrogen) atoms. The van der Waals surface area contributed by atoms with Gasteiger partial charge in [0.2, 0.25) is 6.79 Å². The maximum atomic E-state index is 12.8.